The topological polar surface area (TPSA) is 50.7 Å². The summed E-state index contributed by atoms with van der Waals surface area (Å²) >= 11 is 0. The molecule has 0 aromatic heterocycles. The molecular formula is C24H36N2O2. The predicted octanol–water partition coefficient (Wildman–Crippen LogP) is 4.50. The van der Waals surface area contributed by atoms with Gasteiger partial charge in [-0.25, -0.2) is 0 Å². The second-order valence-corrected chi connectivity index (χ2v) is 10.8. The minimum Gasteiger partial charge on any atom is -0.391 e. The van der Waals surface area contributed by atoms with Gasteiger partial charge in [0.2, 0.25) is 0 Å². The normalized spacial score (nSPS) is 49.4. The van der Waals surface area contributed by atoms with Gasteiger partial charge in [0.1, 0.15) is 11.9 Å². The summed E-state index contributed by atoms with van der Waals surface area (Å²) in [6.07, 6.45) is 11.8. The Hall–Kier alpha value is -1.16. The number of ketones is 1. The summed E-state index contributed by atoms with van der Waals surface area (Å²) < 4.78 is 0. The van der Waals surface area contributed by atoms with Crippen molar-refractivity contribution in [2.45, 2.75) is 78.2 Å². The monoisotopic (exact) mass is 384 g/mol. The van der Waals surface area contributed by atoms with Gasteiger partial charge in [-0.15, -0.1) is 0 Å². The van der Waals surface area contributed by atoms with Crippen LogP contribution in [0.15, 0.2) is 16.8 Å². The van der Waals surface area contributed by atoms with E-state index in [-0.39, 0.29) is 17.4 Å². The molecule has 7 atom stereocenters. The quantitative estimate of drug-likeness (QED) is 0.713. The van der Waals surface area contributed by atoms with Crippen LogP contribution in [0.2, 0.25) is 0 Å². The summed E-state index contributed by atoms with van der Waals surface area (Å²) in [5.41, 5.74) is 3.01. The summed E-state index contributed by atoms with van der Waals surface area (Å²) in [5.74, 6) is 2.91. The maximum Gasteiger partial charge on any atom is 0.141 e. The van der Waals surface area contributed by atoms with Crippen LogP contribution in [0.4, 0.5) is 0 Å². The molecule has 1 saturated heterocycles. The molecule has 0 amide bonds. The molecule has 28 heavy (non-hydrogen) atoms. The van der Waals surface area contributed by atoms with E-state index in [9.17, 15) is 4.79 Å². The van der Waals surface area contributed by atoms with Crippen molar-refractivity contribution in [1.82, 2.24) is 5.32 Å². The molecule has 3 saturated carbocycles. The zero-order chi connectivity index (χ0) is 19.5. The van der Waals surface area contributed by atoms with E-state index in [1.807, 2.05) is 0 Å². The Balaban J connectivity index is 1.36. The fraction of sp³-hybridized carbons (Fsp3) is 0.833. The number of oxime groups is 1. The van der Waals surface area contributed by atoms with E-state index in [1.165, 1.54) is 25.7 Å². The molecule has 5 unspecified atom stereocenters. The Morgan fingerprint density at radius 2 is 1.96 bits per heavy atom. The summed E-state index contributed by atoms with van der Waals surface area (Å²) in [6, 6.07) is 0. The van der Waals surface area contributed by atoms with Crippen LogP contribution in [0.5, 0.6) is 0 Å². The molecular weight excluding hydrogens is 348 g/mol. The molecule has 0 radical (unpaired) electrons. The zero-order valence-electron chi connectivity index (χ0n) is 17.8. The number of hydrogen-bond donors (Lipinski definition) is 1. The molecule has 4 heteroatoms. The lowest BCUT2D eigenvalue weighted by Gasteiger charge is -2.57. The maximum atomic E-state index is 12.9. The minimum atomic E-state index is -0.0391. The van der Waals surface area contributed by atoms with Crippen LogP contribution in [0.3, 0.4) is 0 Å². The van der Waals surface area contributed by atoms with Crippen molar-refractivity contribution in [1.29, 1.82) is 0 Å². The van der Waals surface area contributed by atoms with Gasteiger partial charge in [-0.05, 0) is 80.7 Å². The van der Waals surface area contributed by atoms with Crippen LogP contribution in [-0.4, -0.2) is 30.7 Å². The Morgan fingerprint density at radius 3 is 2.75 bits per heavy atom. The van der Waals surface area contributed by atoms with Crippen LogP contribution in [0.1, 0.15) is 72.1 Å². The Bertz CT molecular complexity index is 722. The van der Waals surface area contributed by atoms with Crippen LogP contribution in [0.25, 0.3) is 0 Å². The summed E-state index contributed by atoms with van der Waals surface area (Å²) in [4.78, 5) is 18.7. The third kappa shape index (κ3) is 2.74. The van der Waals surface area contributed by atoms with Crippen molar-refractivity contribution < 1.29 is 9.63 Å². The van der Waals surface area contributed by atoms with Gasteiger partial charge in [-0.1, -0.05) is 31.5 Å². The molecule has 154 valence electrons. The van der Waals surface area contributed by atoms with Crippen LogP contribution >= 0.6 is 0 Å². The van der Waals surface area contributed by atoms with Gasteiger partial charge in [0, 0.05) is 24.3 Å². The smallest absolute Gasteiger partial charge is 0.141 e. The largest absolute Gasteiger partial charge is 0.391 e. The summed E-state index contributed by atoms with van der Waals surface area (Å²) in [5, 5.41) is 7.87. The van der Waals surface area contributed by atoms with Gasteiger partial charge >= 0.3 is 0 Å². The van der Waals surface area contributed by atoms with E-state index in [0.29, 0.717) is 17.1 Å². The van der Waals surface area contributed by atoms with Gasteiger partial charge in [-0.2, -0.15) is 0 Å². The molecule has 5 rings (SSSR count). The van der Waals surface area contributed by atoms with E-state index < -0.39 is 0 Å². The number of nitrogens with one attached hydrogen (secondary N) is 1. The number of allylic oxidation sites excluding steroid dienone is 2. The molecule has 4 aliphatic carbocycles. The first kappa shape index (κ1) is 18.8. The standard InChI is InChI=1S/C24H36N2O2/c1-15-12-21-19-5-4-16-13-17(26-28-18-8-11-25-14-18)6-9-23(16,2)20(19)7-10-24(21,3)22(15)27/h13,15,18-21,25H,4-12,14H2,1-3H3/t15?,18?,19?,20?,21?,23-,24-/m0/s1. The molecule has 1 aliphatic heterocycles. The van der Waals surface area contributed by atoms with Crippen molar-refractivity contribution in [3.8, 4) is 0 Å². The molecule has 0 aromatic rings. The highest BCUT2D eigenvalue weighted by atomic mass is 16.6. The van der Waals surface area contributed by atoms with E-state index in [4.69, 9.17) is 4.84 Å². The van der Waals surface area contributed by atoms with E-state index in [1.54, 1.807) is 5.57 Å². The maximum absolute atomic E-state index is 12.9. The molecule has 0 spiro atoms. The molecule has 5 aliphatic rings. The van der Waals surface area contributed by atoms with Crippen LogP contribution < -0.4 is 5.32 Å². The highest BCUT2D eigenvalue weighted by Gasteiger charge is 2.60. The lowest BCUT2D eigenvalue weighted by atomic mass is 9.47. The lowest BCUT2D eigenvalue weighted by molar-refractivity contribution is -0.134. The highest BCUT2D eigenvalue weighted by Crippen LogP contribution is 2.65. The second-order valence-electron chi connectivity index (χ2n) is 10.8. The predicted molar refractivity (Wildman–Crippen MR) is 111 cm³/mol. The number of nitrogens with zero attached hydrogens (tertiary/aromatic N) is 1. The van der Waals surface area contributed by atoms with Gasteiger partial charge in [0.15, 0.2) is 0 Å². The number of rotatable bonds is 2. The van der Waals surface area contributed by atoms with Gasteiger partial charge < -0.3 is 10.2 Å². The lowest BCUT2D eigenvalue weighted by Crippen LogP contribution is -2.50. The van der Waals surface area contributed by atoms with Crippen molar-refractivity contribution in [3.63, 3.8) is 0 Å². The van der Waals surface area contributed by atoms with Crippen molar-refractivity contribution >= 4 is 11.5 Å². The number of carbonyl (C=O) groups is 1. The average Bonchev–Trinajstić information content (AvgIpc) is 3.28. The van der Waals surface area contributed by atoms with Crippen molar-refractivity contribution in [2.24, 2.45) is 39.7 Å². The fourth-order valence-corrected chi connectivity index (χ4v) is 7.62. The first-order valence-electron chi connectivity index (χ1n) is 11.6. The summed E-state index contributed by atoms with van der Waals surface area (Å²) in [7, 11) is 0. The van der Waals surface area contributed by atoms with E-state index >= 15 is 0 Å². The second kappa shape index (κ2) is 6.68. The third-order valence-corrected chi connectivity index (χ3v) is 9.32. The first-order valence-corrected chi connectivity index (χ1v) is 11.6. The van der Waals surface area contributed by atoms with Gasteiger partial charge in [-0.3, -0.25) is 4.79 Å². The molecule has 1 N–H and O–H groups in total. The van der Waals surface area contributed by atoms with Crippen molar-refractivity contribution in [3.05, 3.63) is 11.6 Å². The Kier molecular flexibility index (Phi) is 4.50. The molecule has 4 nitrogen and oxygen atoms in total. The molecule has 1 heterocycles. The number of Topliss-reactive ketones (excluding diaryl/α,β-unsaturated/α-hetero) is 1. The summed E-state index contributed by atoms with van der Waals surface area (Å²) in [6.45, 7) is 8.93. The number of fused-ring (bicyclic) bond motifs is 5. The van der Waals surface area contributed by atoms with E-state index in [0.717, 1.165) is 56.3 Å². The zero-order valence-corrected chi connectivity index (χ0v) is 17.8. The van der Waals surface area contributed by atoms with E-state index in [2.05, 4.69) is 37.3 Å². The molecule has 0 bridgehead atoms. The van der Waals surface area contributed by atoms with Crippen LogP contribution in [-0.2, 0) is 9.63 Å². The van der Waals surface area contributed by atoms with Crippen LogP contribution in [0, 0.1) is 34.5 Å². The Morgan fingerprint density at radius 1 is 1.11 bits per heavy atom. The number of hydrogen-bond acceptors (Lipinski definition) is 4. The third-order valence-electron chi connectivity index (χ3n) is 9.32. The Labute approximate surface area is 169 Å². The van der Waals surface area contributed by atoms with Gasteiger partial charge in [0.25, 0.3) is 0 Å². The molecule has 0 aromatic carbocycles. The minimum absolute atomic E-state index is 0.0391. The molecule has 4 fully saturated rings. The SMILES string of the molecule is CC1CC2C3CCC4=CC(=NOC5CCNC5)CC[C@]4(C)C3CC[C@]2(C)C1=O. The van der Waals surface area contributed by atoms with Crippen molar-refractivity contribution in [2.75, 3.05) is 13.1 Å². The highest BCUT2D eigenvalue weighted by molar-refractivity contribution is 5.96. The average molecular weight is 385 g/mol. The van der Waals surface area contributed by atoms with Gasteiger partial charge in [0.05, 0.1) is 5.71 Å². The fourth-order valence-electron chi connectivity index (χ4n) is 7.62. The first-order chi connectivity index (χ1) is 13.4. The number of carbonyl (C=O) groups excluding carboxylic acids is 1.